The van der Waals surface area contributed by atoms with Crippen molar-refractivity contribution in [1.29, 1.82) is 0 Å². The minimum atomic E-state index is -3.57. The number of amides is 1. The lowest BCUT2D eigenvalue weighted by Crippen LogP contribution is -2.32. The lowest BCUT2D eigenvalue weighted by atomic mass is 10.0. The third-order valence-electron chi connectivity index (χ3n) is 4.43. The van der Waals surface area contributed by atoms with Crippen molar-refractivity contribution in [2.75, 3.05) is 20.7 Å². The van der Waals surface area contributed by atoms with Gasteiger partial charge in [-0.05, 0) is 43.2 Å². The highest BCUT2D eigenvalue weighted by Gasteiger charge is 2.19. The topological polar surface area (TPSA) is 92.8 Å². The number of nitrogens with one attached hydrogen (secondary N) is 1. The Balaban J connectivity index is 1.94. The van der Waals surface area contributed by atoms with Gasteiger partial charge in [0.1, 0.15) is 0 Å². The maximum absolute atomic E-state index is 12.2. The van der Waals surface area contributed by atoms with Gasteiger partial charge in [0.2, 0.25) is 10.0 Å². The van der Waals surface area contributed by atoms with Crippen LogP contribution in [-0.2, 0) is 19.6 Å². The number of hydrogen-bond acceptors (Lipinski definition) is 5. The fraction of sp³-hybridized carbons (Fsp3) is 0.333. The zero-order chi connectivity index (χ0) is 21.6. The van der Waals surface area contributed by atoms with Gasteiger partial charge in [-0.3, -0.25) is 4.79 Å². The summed E-state index contributed by atoms with van der Waals surface area (Å²) in [6, 6.07) is 13.1. The van der Waals surface area contributed by atoms with E-state index in [1.54, 1.807) is 0 Å². The number of carbonyl (C=O) groups excluding carboxylic acids is 2. The van der Waals surface area contributed by atoms with Crippen LogP contribution in [0.5, 0.6) is 0 Å². The van der Waals surface area contributed by atoms with E-state index in [0.29, 0.717) is 6.42 Å². The van der Waals surface area contributed by atoms with Crippen molar-refractivity contribution in [3.8, 4) is 0 Å². The van der Waals surface area contributed by atoms with Crippen molar-refractivity contribution in [1.82, 2.24) is 9.62 Å². The van der Waals surface area contributed by atoms with E-state index in [1.807, 2.05) is 38.1 Å². The molecule has 29 heavy (non-hydrogen) atoms. The van der Waals surface area contributed by atoms with Crippen LogP contribution in [0.25, 0.3) is 0 Å². The second-order valence-corrected chi connectivity index (χ2v) is 8.98. The Morgan fingerprint density at radius 2 is 1.62 bits per heavy atom. The predicted molar refractivity (Wildman–Crippen MR) is 110 cm³/mol. The third-order valence-corrected chi connectivity index (χ3v) is 6.26. The first-order chi connectivity index (χ1) is 13.6. The van der Waals surface area contributed by atoms with Crippen LogP contribution in [0.1, 0.15) is 40.9 Å². The summed E-state index contributed by atoms with van der Waals surface area (Å²) in [5.74, 6) is -1.10. The number of hydrogen-bond donors (Lipinski definition) is 1. The van der Waals surface area contributed by atoms with E-state index < -0.39 is 28.5 Å². The van der Waals surface area contributed by atoms with Crippen molar-refractivity contribution in [3.05, 3.63) is 65.2 Å². The van der Waals surface area contributed by atoms with Crippen molar-refractivity contribution in [2.45, 2.75) is 31.2 Å². The molecule has 0 aromatic heterocycles. The normalized spacial score (nSPS) is 12.4. The van der Waals surface area contributed by atoms with E-state index in [9.17, 15) is 18.0 Å². The Bertz CT molecular complexity index is 952. The standard InChI is InChI=1S/C21H26N2O5S/c1-5-19(16-8-6-15(2)7-9-16)22-20(24)14-28-21(25)17-10-12-18(13-11-17)29(26,27)23(3)4/h6-13,19H,5,14H2,1-4H3,(H,22,24)/t19-/m0/s1. The van der Waals surface area contributed by atoms with E-state index in [2.05, 4.69) is 5.32 Å². The van der Waals surface area contributed by atoms with Crippen LogP contribution in [0.3, 0.4) is 0 Å². The molecule has 0 aliphatic carbocycles. The molecule has 1 amide bonds. The molecule has 1 atom stereocenters. The van der Waals surface area contributed by atoms with Gasteiger partial charge in [-0.15, -0.1) is 0 Å². The molecular weight excluding hydrogens is 392 g/mol. The van der Waals surface area contributed by atoms with E-state index in [1.165, 1.54) is 38.4 Å². The SMILES string of the molecule is CC[C@H](NC(=O)COC(=O)c1ccc(S(=O)(=O)N(C)C)cc1)c1ccc(C)cc1. The predicted octanol–water partition coefficient (Wildman–Crippen LogP) is 2.67. The molecule has 8 heteroatoms. The van der Waals surface area contributed by atoms with Crippen molar-refractivity contribution in [3.63, 3.8) is 0 Å². The Labute approximate surface area is 171 Å². The van der Waals surface area contributed by atoms with Crippen LogP contribution in [0.15, 0.2) is 53.4 Å². The van der Waals surface area contributed by atoms with E-state index >= 15 is 0 Å². The number of sulfonamides is 1. The number of esters is 1. The van der Waals surface area contributed by atoms with Gasteiger partial charge in [-0.25, -0.2) is 17.5 Å². The maximum Gasteiger partial charge on any atom is 0.338 e. The molecular formula is C21H26N2O5S. The van der Waals surface area contributed by atoms with Gasteiger partial charge >= 0.3 is 5.97 Å². The first-order valence-corrected chi connectivity index (χ1v) is 10.6. The molecule has 0 saturated carbocycles. The Kier molecular flexibility index (Phi) is 7.53. The van der Waals surface area contributed by atoms with Crippen molar-refractivity contribution in [2.24, 2.45) is 0 Å². The summed E-state index contributed by atoms with van der Waals surface area (Å²) in [7, 11) is -0.720. The van der Waals surface area contributed by atoms with Crippen LogP contribution in [-0.4, -0.2) is 45.3 Å². The smallest absolute Gasteiger partial charge is 0.338 e. The summed E-state index contributed by atoms with van der Waals surface area (Å²) in [5, 5.41) is 2.85. The van der Waals surface area contributed by atoms with Gasteiger partial charge in [0.25, 0.3) is 5.91 Å². The maximum atomic E-state index is 12.2. The molecule has 7 nitrogen and oxygen atoms in total. The van der Waals surface area contributed by atoms with Crippen LogP contribution < -0.4 is 5.32 Å². The molecule has 1 N–H and O–H groups in total. The van der Waals surface area contributed by atoms with Crippen molar-refractivity contribution < 1.29 is 22.7 Å². The number of carbonyl (C=O) groups is 2. The highest BCUT2D eigenvalue weighted by atomic mass is 32.2. The number of nitrogens with zero attached hydrogens (tertiary/aromatic N) is 1. The molecule has 0 saturated heterocycles. The first kappa shape index (κ1) is 22.6. The monoisotopic (exact) mass is 418 g/mol. The highest BCUT2D eigenvalue weighted by Crippen LogP contribution is 2.17. The van der Waals surface area contributed by atoms with Gasteiger partial charge in [0, 0.05) is 14.1 Å². The molecule has 0 spiro atoms. The fourth-order valence-electron chi connectivity index (χ4n) is 2.64. The van der Waals surface area contributed by atoms with Crippen LogP contribution >= 0.6 is 0 Å². The van der Waals surface area contributed by atoms with Crippen LogP contribution in [0.4, 0.5) is 0 Å². The molecule has 0 bridgehead atoms. The second-order valence-electron chi connectivity index (χ2n) is 6.83. The molecule has 0 aliphatic rings. The molecule has 0 radical (unpaired) electrons. The fourth-order valence-corrected chi connectivity index (χ4v) is 3.55. The molecule has 2 aromatic rings. The van der Waals surface area contributed by atoms with Crippen LogP contribution in [0, 0.1) is 6.92 Å². The molecule has 2 aromatic carbocycles. The lowest BCUT2D eigenvalue weighted by Gasteiger charge is -2.17. The molecule has 0 aliphatic heterocycles. The Hall–Kier alpha value is -2.71. The van der Waals surface area contributed by atoms with E-state index in [-0.39, 0.29) is 16.5 Å². The molecule has 2 rings (SSSR count). The summed E-state index contributed by atoms with van der Waals surface area (Å²) in [6.07, 6.45) is 0.699. The average Bonchev–Trinajstić information content (AvgIpc) is 2.71. The minimum Gasteiger partial charge on any atom is -0.452 e. The van der Waals surface area contributed by atoms with Crippen molar-refractivity contribution >= 4 is 21.9 Å². The minimum absolute atomic E-state index is 0.0701. The summed E-state index contributed by atoms with van der Waals surface area (Å²) < 4.78 is 30.2. The lowest BCUT2D eigenvalue weighted by molar-refractivity contribution is -0.125. The van der Waals surface area contributed by atoms with Gasteiger partial charge in [0.05, 0.1) is 16.5 Å². The van der Waals surface area contributed by atoms with E-state index in [4.69, 9.17) is 4.74 Å². The van der Waals surface area contributed by atoms with Crippen LogP contribution in [0.2, 0.25) is 0 Å². The summed E-state index contributed by atoms with van der Waals surface area (Å²) >= 11 is 0. The zero-order valence-electron chi connectivity index (χ0n) is 17.0. The van der Waals surface area contributed by atoms with Gasteiger partial charge in [-0.1, -0.05) is 36.8 Å². The van der Waals surface area contributed by atoms with Gasteiger partial charge in [0.15, 0.2) is 6.61 Å². The first-order valence-electron chi connectivity index (χ1n) is 9.20. The number of aryl methyl sites for hydroxylation is 1. The number of rotatable bonds is 8. The largest absolute Gasteiger partial charge is 0.452 e. The zero-order valence-corrected chi connectivity index (χ0v) is 17.8. The Morgan fingerprint density at radius 3 is 2.14 bits per heavy atom. The second kappa shape index (κ2) is 9.67. The summed E-state index contributed by atoms with van der Waals surface area (Å²) in [6.45, 7) is 3.53. The molecule has 156 valence electrons. The number of benzene rings is 2. The highest BCUT2D eigenvalue weighted by molar-refractivity contribution is 7.89. The Morgan fingerprint density at radius 1 is 1.03 bits per heavy atom. The molecule has 0 heterocycles. The average molecular weight is 419 g/mol. The van der Waals surface area contributed by atoms with Gasteiger partial charge in [-0.2, -0.15) is 0 Å². The van der Waals surface area contributed by atoms with Gasteiger partial charge < -0.3 is 10.1 Å². The quantitative estimate of drug-likeness (QED) is 0.666. The summed E-state index contributed by atoms with van der Waals surface area (Å²) in [5.41, 5.74) is 2.28. The third kappa shape index (κ3) is 5.88. The molecule has 0 unspecified atom stereocenters. The molecule has 0 fully saturated rings. The number of ether oxygens (including phenoxy) is 1. The summed E-state index contributed by atoms with van der Waals surface area (Å²) in [4.78, 5) is 24.4. The van der Waals surface area contributed by atoms with E-state index in [0.717, 1.165) is 15.4 Å².